The monoisotopic (exact) mass is 1300 g/mol. The number of phenols is 4. The molecule has 0 spiro atoms. The molecule has 0 amide bonds. The first-order chi connectivity index (χ1) is 42.4. The minimum Gasteiger partial charge on any atom is -0.511 e. The van der Waals surface area contributed by atoms with Crippen molar-refractivity contribution >= 4 is 57.8 Å². The molecule has 4 atom stereocenters. The van der Waals surface area contributed by atoms with Gasteiger partial charge in [-0.25, -0.2) is 0 Å². The topological polar surface area (TPSA) is 311 Å². The standard InChI is InChI=1S/2C38H50O9/c2*1-15(2)18(22-29(42)35(7,8)33(45)36(9,10)30(22)43)20-26(40)21-19(16(3)4)23-31(44)37(11,12)34(46)38(13,14)32(23)47-28(21)24(27(20)41)25(39)17(5)6/h2*15-19,40-42H,1-14H3/t18-,19+;18-,19-/m01/s1. The normalized spacial score (nSPS) is 23.7. The van der Waals surface area contributed by atoms with E-state index >= 15 is 0 Å². The molecule has 0 aromatic heterocycles. The number of aliphatic hydroxyl groups is 2. The maximum absolute atomic E-state index is 14.2. The van der Waals surface area contributed by atoms with Gasteiger partial charge in [-0.3, -0.25) is 47.9 Å². The summed E-state index contributed by atoms with van der Waals surface area (Å²) in [6.07, 6.45) is 0. The molecule has 0 saturated heterocycles. The average molecular weight is 1300 g/mol. The van der Waals surface area contributed by atoms with Crippen LogP contribution in [-0.2, 0) is 38.4 Å². The minimum absolute atomic E-state index is 0.0765. The summed E-state index contributed by atoms with van der Waals surface area (Å²) in [5.41, 5.74) is -11.9. The lowest BCUT2D eigenvalue weighted by atomic mass is 9.58. The molecule has 6 aliphatic rings. The van der Waals surface area contributed by atoms with Gasteiger partial charge < -0.3 is 40.1 Å². The fourth-order valence-corrected chi connectivity index (χ4v) is 15.9. The van der Waals surface area contributed by atoms with Crippen molar-refractivity contribution in [3.05, 3.63) is 78.7 Å². The Morgan fingerprint density at radius 3 is 0.830 bits per heavy atom. The van der Waals surface area contributed by atoms with E-state index in [0.29, 0.717) is 0 Å². The maximum Gasteiger partial charge on any atom is 0.175 e. The fourth-order valence-electron chi connectivity index (χ4n) is 15.9. The Hall–Kier alpha value is -7.50. The van der Waals surface area contributed by atoms with Crippen LogP contribution >= 0.6 is 0 Å². The number of fused-ring (bicyclic) bond motifs is 2. The number of hydrogen-bond acceptors (Lipinski definition) is 18. The Bertz CT molecular complexity index is 3660. The second kappa shape index (κ2) is 23.1. The number of allylic oxidation sites excluding steroid dienone is 8. The molecule has 8 rings (SSSR count). The third-order valence-corrected chi connectivity index (χ3v) is 21.2. The van der Waals surface area contributed by atoms with Crippen molar-refractivity contribution in [3.63, 3.8) is 0 Å². The Kier molecular flexibility index (Phi) is 18.2. The molecule has 512 valence electrons. The first kappa shape index (κ1) is 73.9. The molecular formula is C76H100O18. The smallest absolute Gasteiger partial charge is 0.175 e. The number of Topliss-reactive ketones (excluding diaryl/α,β-unsaturated/α-hetero) is 10. The summed E-state index contributed by atoms with van der Waals surface area (Å²) >= 11 is 0. The highest BCUT2D eigenvalue weighted by molar-refractivity contribution is 6.23. The molecular weight excluding hydrogens is 1200 g/mol. The predicted molar refractivity (Wildman–Crippen MR) is 353 cm³/mol. The molecule has 2 aromatic rings. The number of aromatic hydroxyl groups is 4. The second-order valence-corrected chi connectivity index (χ2v) is 33.2. The van der Waals surface area contributed by atoms with Crippen LogP contribution in [0.25, 0.3) is 0 Å². The van der Waals surface area contributed by atoms with Gasteiger partial charge in [0.1, 0.15) is 68.7 Å². The van der Waals surface area contributed by atoms with E-state index in [1.54, 1.807) is 111 Å². The Morgan fingerprint density at radius 1 is 0.351 bits per heavy atom. The molecule has 4 aliphatic carbocycles. The summed E-state index contributed by atoms with van der Waals surface area (Å²) < 4.78 is 12.8. The highest BCUT2D eigenvalue weighted by Gasteiger charge is 2.63. The van der Waals surface area contributed by atoms with Crippen LogP contribution in [0.1, 0.15) is 261 Å². The third kappa shape index (κ3) is 10.2. The van der Waals surface area contributed by atoms with Crippen LogP contribution in [0.2, 0.25) is 0 Å². The number of carbonyl (C=O) groups is 10. The van der Waals surface area contributed by atoms with Gasteiger partial charge in [0.15, 0.2) is 57.8 Å². The van der Waals surface area contributed by atoms with Gasteiger partial charge in [-0.05, 0) is 134 Å². The quantitative estimate of drug-likeness (QED) is 0.0849. The van der Waals surface area contributed by atoms with Crippen LogP contribution in [-0.4, -0.2) is 88.5 Å². The molecule has 6 N–H and O–H groups in total. The van der Waals surface area contributed by atoms with Gasteiger partial charge >= 0.3 is 0 Å². The molecule has 0 saturated carbocycles. The van der Waals surface area contributed by atoms with E-state index in [1.807, 2.05) is 27.7 Å². The van der Waals surface area contributed by atoms with Crippen molar-refractivity contribution in [2.75, 3.05) is 0 Å². The van der Waals surface area contributed by atoms with Crippen molar-refractivity contribution in [3.8, 4) is 34.5 Å². The maximum atomic E-state index is 14.2. The number of carbonyl (C=O) groups excluding carboxylic acids is 10. The fraction of sp³-hybridized carbons (Fsp3) is 0.605. The van der Waals surface area contributed by atoms with E-state index in [0.717, 1.165) is 0 Å². The van der Waals surface area contributed by atoms with Crippen LogP contribution < -0.4 is 9.47 Å². The van der Waals surface area contributed by atoms with Crippen LogP contribution in [0.5, 0.6) is 34.5 Å². The molecule has 18 heteroatoms. The van der Waals surface area contributed by atoms with Gasteiger partial charge in [0, 0.05) is 80.1 Å². The third-order valence-electron chi connectivity index (χ3n) is 21.2. The van der Waals surface area contributed by atoms with Crippen molar-refractivity contribution in [1.29, 1.82) is 0 Å². The van der Waals surface area contributed by atoms with E-state index in [4.69, 9.17) is 9.47 Å². The highest BCUT2D eigenvalue weighted by Crippen LogP contribution is 2.65. The van der Waals surface area contributed by atoms with E-state index in [1.165, 1.54) is 55.4 Å². The van der Waals surface area contributed by atoms with E-state index < -0.39 is 171 Å². The zero-order chi connectivity index (χ0) is 72.5. The molecule has 0 bridgehead atoms. The number of ketones is 10. The summed E-state index contributed by atoms with van der Waals surface area (Å²) in [6.45, 7) is 45.8. The summed E-state index contributed by atoms with van der Waals surface area (Å²) in [4.78, 5) is 139. The van der Waals surface area contributed by atoms with Crippen molar-refractivity contribution in [1.82, 2.24) is 0 Å². The number of rotatable bonds is 12. The predicted octanol–water partition coefficient (Wildman–Crippen LogP) is 14.6. The second-order valence-electron chi connectivity index (χ2n) is 33.2. The Balaban J connectivity index is 0.000000266. The van der Waals surface area contributed by atoms with Crippen molar-refractivity contribution < 1.29 is 88.1 Å². The Morgan fingerprint density at radius 2 is 0.596 bits per heavy atom. The summed E-state index contributed by atoms with van der Waals surface area (Å²) in [6, 6.07) is 0. The lowest BCUT2D eigenvalue weighted by molar-refractivity contribution is -0.146. The molecule has 0 unspecified atom stereocenters. The molecule has 94 heavy (non-hydrogen) atoms. The van der Waals surface area contributed by atoms with Gasteiger partial charge in [-0.15, -0.1) is 0 Å². The zero-order valence-electron chi connectivity index (χ0n) is 60.4. The van der Waals surface area contributed by atoms with E-state index in [-0.39, 0.29) is 102 Å². The SMILES string of the molecule is CC(C)C(=O)c1c(O)c([C@@H](C2=C(O)C(C)(C)C(=O)C(C)(C)C2=O)C(C)C)c(O)c2c1OC1=C(C(=O)C(C)(C)C(=O)C1(C)C)[C@@H]2C(C)C.CC(C)C(=O)c1c(O)c([C@H](C2=C(O)C(C)(C)C(=O)C(C)(C)C2=O)C(C)C)c(O)c2c1OC1=C(C(=O)C(C)(C)C(=O)C1(C)C)[C@@H]2C(C)C. The summed E-state index contributed by atoms with van der Waals surface area (Å²) in [5.74, 6) is -15.4. The molecule has 2 heterocycles. The first-order valence-corrected chi connectivity index (χ1v) is 32.8. The molecule has 0 fully saturated rings. The number of aliphatic hydroxyl groups excluding tert-OH is 2. The number of ether oxygens (including phenoxy) is 2. The minimum atomic E-state index is -1.53. The largest absolute Gasteiger partial charge is 0.511 e. The Labute approximate surface area is 553 Å². The zero-order valence-corrected chi connectivity index (χ0v) is 60.4. The molecule has 2 aliphatic heterocycles. The molecule has 18 nitrogen and oxygen atoms in total. The van der Waals surface area contributed by atoms with Gasteiger partial charge in [0.05, 0.1) is 43.3 Å². The van der Waals surface area contributed by atoms with Gasteiger partial charge in [0.25, 0.3) is 0 Å². The van der Waals surface area contributed by atoms with Crippen LogP contribution in [0.4, 0.5) is 0 Å². The summed E-state index contributed by atoms with van der Waals surface area (Å²) in [7, 11) is 0. The van der Waals surface area contributed by atoms with E-state index in [2.05, 4.69) is 0 Å². The lowest BCUT2D eigenvalue weighted by Gasteiger charge is -2.46. The molecule has 0 radical (unpaired) electrons. The lowest BCUT2D eigenvalue weighted by Crippen LogP contribution is -2.52. The van der Waals surface area contributed by atoms with Crippen molar-refractivity contribution in [2.45, 2.75) is 218 Å². The van der Waals surface area contributed by atoms with Crippen LogP contribution in [0.3, 0.4) is 0 Å². The van der Waals surface area contributed by atoms with E-state index in [9.17, 15) is 78.6 Å². The van der Waals surface area contributed by atoms with Gasteiger partial charge in [-0.1, -0.05) is 83.1 Å². The average Bonchev–Trinajstić information content (AvgIpc) is 0.705. The number of hydrogen-bond donors (Lipinski definition) is 6. The summed E-state index contributed by atoms with van der Waals surface area (Å²) in [5, 5.41) is 72.2. The van der Waals surface area contributed by atoms with Crippen LogP contribution in [0.15, 0.2) is 45.3 Å². The van der Waals surface area contributed by atoms with Gasteiger partial charge in [0.2, 0.25) is 0 Å². The van der Waals surface area contributed by atoms with Crippen molar-refractivity contribution in [2.24, 2.45) is 78.8 Å². The molecule has 2 aromatic carbocycles. The van der Waals surface area contributed by atoms with Gasteiger partial charge in [-0.2, -0.15) is 0 Å². The first-order valence-electron chi connectivity index (χ1n) is 32.8. The highest BCUT2D eigenvalue weighted by atomic mass is 16.5. The van der Waals surface area contributed by atoms with Crippen LogP contribution in [0, 0.1) is 78.8 Å². The number of benzene rings is 2. The number of phenolic OH excluding ortho intramolecular Hbond substituents is 4.